The van der Waals surface area contributed by atoms with Gasteiger partial charge < -0.3 is 5.32 Å². The standard InChI is InChI=1S/C23H18BrClN4O/c1-14-5-3-6-16(11-14)22-27-21(23(30)26-18-8-4-7-17(24)12-18)28-29(22)19-10-9-15(2)20(25)13-19/h3-13H,1-2H3,(H,26,30). The van der Waals surface area contributed by atoms with Gasteiger partial charge in [-0.2, -0.15) is 0 Å². The minimum Gasteiger partial charge on any atom is -0.319 e. The van der Waals surface area contributed by atoms with E-state index in [-0.39, 0.29) is 11.7 Å². The van der Waals surface area contributed by atoms with Crippen LogP contribution in [-0.4, -0.2) is 20.7 Å². The molecule has 30 heavy (non-hydrogen) atoms. The Hall–Kier alpha value is -2.96. The predicted octanol–water partition coefficient (Wildman–Crippen LogP) is 6.22. The Morgan fingerprint density at radius 2 is 1.83 bits per heavy atom. The molecule has 1 amide bonds. The average Bonchev–Trinajstić information content (AvgIpc) is 3.16. The number of halogens is 2. The normalized spacial score (nSPS) is 10.8. The number of aryl methyl sites for hydroxylation is 2. The number of anilines is 1. The fourth-order valence-electron chi connectivity index (χ4n) is 3.03. The highest BCUT2D eigenvalue weighted by molar-refractivity contribution is 9.10. The fraction of sp³-hybridized carbons (Fsp3) is 0.0870. The zero-order valence-electron chi connectivity index (χ0n) is 16.4. The van der Waals surface area contributed by atoms with Crippen molar-refractivity contribution >= 4 is 39.1 Å². The second-order valence-electron chi connectivity index (χ2n) is 6.94. The van der Waals surface area contributed by atoms with Crippen molar-refractivity contribution in [3.05, 3.63) is 93.2 Å². The van der Waals surface area contributed by atoms with Crippen molar-refractivity contribution < 1.29 is 4.79 Å². The third kappa shape index (κ3) is 4.30. The molecule has 7 heteroatoms. The monoisotopic (exact) mass is 480 g/mol. The molecular formula is C23H18BrClN4O. The van der Waals surface area contributed by atoms with Crippen LogP contribution in [0.1, 0.15) is 21.7 Å². The molecule has 1 N–H and O–H groups in total. The topological polar surface area (TPSA) is 59.8 Å². The maximum absolute atomic E-state index is 12.9. The summed E-state index contributed by atoms with van der Waals surface area (Å²) in [5.74, 6) is 0.250. The number of benzene rings is 3. The number of nitrogens with one attached hydrogen (secondary N) is 1. The maximum Gasteiger partial charge on any atom is 0.295 e. The van der Waals surface area contributed by atoms with Crippen LogP contribution < -0.4 is 5.32 Å². The number of aromatic nitrogens is 3. The van der Waals surface area contributed by atoms with E-state index >= 15 is 0 Å². The van der Waals surface area contributed by atoms with E-state index in [1.165, 1.54) is 0 Å². The summed E-state index contributed by atoms with van der Waals surface area (Å²) in [6.45, 7) is 3.94. The second kappa shape index (κ2) is 8.42. The molecule has 4 aromatic rings. The van der Waals surface area contributed by atoms with Gasteiger partial charge in [0.1, 0.15) is 0 Å². The van der Waals surface area contributed by atoms with Crippen molar-refractivity contribution in [2.75, 3.05) is 5.32 Å². The highest BCUT2D eigenvalue weighted by Gasteiger charge is 2.19. The molecule has 0 atom stereocenters. The fourth-order valence-corrected chi connectivity index (χ4v) is 3.60. The molecule has 4 rings (SSSR count). The minimum absolute atomic E-state index is 0.0724. The molecule has 0 radical (unpaired) electrons. The van der Waals surface area contributed by atoms with E-state index in [0.29, 0.717) is 16.5 Å². The summed E-state index contributed by atoms with van der Waals surface area (Å²) in [7, 11) is 0. The Morgan fingerprint density at radius 3 is 2.57 bits per heavy atom. The molecule has 3 aromatic carbocycles. The second-order valence-corrected chi connectivity index (χ2v) is 8.26. The van der Waals surface area contributed by atoms with Gasteiger partial charge in [0.25, 0.3) is 5.91 Å². The van der Waals surface area contributed by atoms with E-state index in [9.17, 15) is 4.79 Å². The van der Waals surface area contributed by atoms with E-state index < -0.39 is 0 Å². The Labute approximate surface area is 187 Å². The van der Waals surface area contributed by atoms with E-state index in [1.807, 2.05) is 74.5 Å². The van der Waals surface area contributed by atoms with Crippen molar-refractivity contribution in [1.82, 2.24) is 14.8 Å². The van der Waals surface area contributed by atoms with Gasteiger partial charge in [-0.3, -0.25) is 4.79 Å². The quantitative estimate of drug-likeness (QED) is 0.376. The molecule has 0 aliphatic rings. The molecule has 0 fully saturated rings. The lowest BCUT2D eigenvalue weighted by molar-refractivity contribution is 0.101. The van der Waals surface area contributed by atoms with Crippen molar-refractivity contribution in [1.29, 1.82) is 0 Å². The van der Waals surface area contributed by atoms with Gasteiger partial charge >= 0.3 is 0 Å². The SMILES string of the molecule is Cc1cccc(-c2nc(C(=O)Nc3cccc(Br)c3)nn2-c2ccc(C)c(Cl)c2)c1. The molecule has 150 valence electrons. The summed E-state index contributed by atoms with van der Waals surface area (Å²) in [4.78, 5) is 17.4. The molecule has 0 saturated heterocycles. The Morgan fingerprint density at radius 1 is 1.03 bits per heavy atom. The number of hydrogen-bond donors (Lipinski definition) is 1. The maximum atomic E-state index is 12.9. The summed E-state index contributed by atoms with van der Waals surface area (Å²) >= 11 is 9.74. The molecular weight excluding hydrogens is 464 g/mol. The van der Waals surface area contributed by atoms with Gasteiger partial charge in [0.2, 0.25) is 5.82 Å². The lowest BCUT2D eigenvalue weighted by Gasteiger charge is -2.08. The smallest absolute Gasteiger partial charge is 0.295 e. The van der Waals surface area contributed by atoms with Gasteiger partial charge in [-0.05, 0) is 55.8 Å². The van der Waals surface area contributed by atoms with Crippen LogP contribution in [0.3, 0.4) is 0 Å². The molecule has 0 spiro atoms. The van der Waals surface area contributed by atoms with E-state index in [2.05, 4.69) is 31.3 Å². The highest BCUT2D eigenvalue weighted by atomic mass is 79.9. The van der Waals surface area contributed by atoms with Crippen LogP contribution in [0.4, 0.5) is 5.69 Å². The number of carbonyl (C=O) groups is 1. The molecule has 0 aliphatic carbocycles. The third-order valence-corrected chi connectivity index (χ3v) is 5.47. The molecule has 0 unspecified atom stereocenters. The summed E-state index contributed by atoms with van der Waals surface area (Å²) in [6, 6.07) is 20.9. The van der Waals surface area contributed by atoms with Crippen molar-refractivity contribution in [2.45, 2.75) is 13.8 Å². The summed E-state index contributed by atoms with van der Waals surface area (Å²) in [5, 5.41) is 7.96. The molecule has 0 saturated carbocycles. The third-order valence-electron chi connectivity index (χ3n) is 4.57. The average molecular weight is 482 g/mol. The number of carbonyl (C=O) groups excluding carboxylic acids is 1. The van der Waals surface area contributed by atoms with Gasteiger partial charge in [-0.1, -0.05) is 63.4 Å². The van der Waals surface area contributed by atoms with E-state index in [4.69, 9.17) is 11.6 Å². The first kappa shape index (κ1) is 20.3. The van der Waals surface area contributed by atoms with E-state index in [0.717, 1.165) is 26.9 Å². The number of rotatable bonds is 4. The first-order valence-corrected chi connectivity index (χ1v) is 10.5. The van der Waals surface area contributed by atoms with Crippen LogP contribution >= 0.6 is 27.5 Å². The first-order valence-electron chi connectivity index (χ1n) is 9.28. The molecule has 0 bridgehead atoms. The van der Waals surface area contributed by atoms with Gasteiger partial charge in [0.05, 0.1) is 5.69 Å². The molecule has 5 nitrogen and oxygen atoms in total. The van der Waals surface area contributed by atoms with E-state index in [1.54, 1.807) is 10.7 Å². The van der Waals surface area contributed by atoms with Crippen molar-refractivity contribution in [2.24, 2.45) is 0 Å². The van der Waals surface area contributed by atoms with Crippen LogP contribution in [-0.2, 0) is 0 Å². The lowest BCUT2D eigenvalue weighted by atomic mass is 10.1. The zero-order chi connectivity index (χ0) is 21.3. The van der Waals surface area contributed by atoms with Crippen LogP contribution in [0.2, 0.25) is 5.02 Å². The number of hydrogen-bond acceptors (Lipinski definition) is 3. The van der Waals surface area contributed by atoms with Crippen LogP contribution in [0.25, 0.3) is 17.1 Å². The molecule has 1 aromatic heterocycles. The zero-order valence-corrected chi connectivity index (χ0v) is 18.7. The van der Waals surface area contributed by atoms with Gasteiger partial charge in [0.15, 0.2) is 5.82 Å². The van der Waals surface area contributed by atoms with Crippen molar-refractivity contribution in [3.8, 4) is 17.1 Å². The molecule has 1 heterocycles. The number of amides is 1. The first-order chi connectivity index (χ1) is 14.4. The van der Waals surface area contributed by atoms with Crippen LogP contribution in [0, 0.1) is 13.8 Å². The van der Waals surface area contributed by atoms with Gasteiger partial charge in [0, 0.05) is 20.7 Å². The minimum atomic E-state index is -0.390. The van der Waals surface area contributed by atoms with Crippen LogP contribution in [0.15, 0.2) is 71.2 Å². The number of nitrogens with zero attached hydrogens (tertiary/aromatic N) is 3. The summed E-state index contributed by atoms with van der Waals surface area (Å²) in [6.07, 6.45) is 0. The Balaban J connectivity index is 1.79. The van der Waals surface area contributed by atoms with Crippen molar-refractivity contribution in [3.63, 3.8) is 0 Å². The van der Waals surface area contributed by atoms with Gasteiger partial charge in [-0.25, -0.2) is 9.67 Å². The molecule has 0 aliphatic heterocycles. The van der Waals surface area contributed by atoms with Crippen LogP contribution in [0.5, 0.6) is 0 Å². The Bertz CT molecular complexity index is 1250. The summed E-state index contributed by atoms with van der Waals surface area (Å²) in [5.41, 5.74) is 4.30. The Kier molecular flexibility index (Phi) is 5.70. The lowest BCUT2D eigenvalue weighted by Crippen LogP contribution is -2.14. The highest BCUT2D eigenvalue weighted by Crippen LogP contribution is 2.25. The predicted molar refractivity (Wildman–Crippen MR) is 123 cm³/mol. The van der Waals surface area contributed by atoms with Gasteiger partial charge in [-0.15, -0.1) is 5.10 Å². The largest absolute Gasteiger partial charge is 0.319 e. The summed E-state index contributed by atoms with van der Waals surface area (Å²) < 4.78 is 2.52.